The van der Waals surface area contributed by atoms with Crippen LogP contribution in [0.3, 0.4) is 0 Å². The van der Waals surface area contributed by atoms with Crippen molar-refractivity contribution >= 4 is 33.2 Å². The van der Waals surface area contributed by atoms with E-state index in [2.05, 4.69) is 5.32 Å². The molecule has 0 saturated carbocycles. The van der Waals surface area contributed by atoms with Gasteiger partial charge < -0.3 is 10.1 Å². The van der Waals surface area contributed by atoms with E-state index in [1.807, 2.05) is 18.2 Å². The molecular weight excluding hydrogens is 364 g/mol. The number of carbonyl (C=O) groups excluding carboxylic acids is 1. The van der Waals surface area contributed by atoms with E-state index >= 15 is 0 Å². The number of carbonyl (C=O) groups is 1. The summed E-state index contributed by atoms with van der Waals surface area (Å²) in [6.07, 6.45) is 1.11. The van der Waals surface area contributed by atoms with Crippen LogP contribution in [-0.4, -0.2) is 40.3 Å². The highest BCUT2D eigenvalue weighted by molar-refractivity contribution is 7.92. The van der Waals surface area contributed by atoms with Gasteiger partial charge in [-0.1, -0.05) is 29.8 Å². The Bertz CT molecular complexity index is 795. The topological polar surface area (TPSA) is 75.7 Å². The summed E-state index contributed by atoms with van der Waals surface area (Å²) in [5.74, 6) is 0.269. The molecule has 2 rings (SSSR count). The summed E-state index contributed by atoms with van der Waals surface area (Å²) in [6, 6.07) is 15.4. The molecule has 0 aliphatic rings. The van der Waals surface area contributed by atoms with Gasteiger partial charge in [-0.3, -0.25) is 9.10 Å². The van der Waals surface area contributed by atoms with Gasteiger partial charge in [-0.15, -0.1) is 0 Å². The summed E-state index contributed by atoms with van der Waals surface area (Å²) < 4.78 is 30.5. The number of ether oxygens (including phenoxy) is 1. The van der Waals surface area contributed by atoms with Gasteiger partial charge in [0.2, 0.25) is 10.0 Å². The van der Waals surface area contributed by atoms with Gasteiger partial charge in [-0.05, 0) is 36.4 Å². The van der Waals surface area contributed by atoms with E-state index in [1.165, 1.54) is 4.31 Å². The number of hydrogen-bond acceptors (Lipinski definition) is 4. The largest absolute Gasteiger partial charge is 0.484 e. The lowest BCUT2D eigenvalue weighted by atomic mass is 10.3. The highest BCUT2D eigenvalue weighted by Crippen LogP contribution is 2.19. The Labute approximate surface area is 152 Å². The van der Waals surface area contributed by atoms with Crippen molar-refractivity contribution in [3.63, 3.8) is 0 Å². The maximum atomic E-state index is 12.0. The number of nitrogens with zero attached hydrogens (tertiary/aromatic N) is 1. The number of hydrogen-bond donors (Lipinski definition) is 1. The summed E-state index contributed by atoms with van der Waals surface area (Å²) >= 11 is 5.82. The minimum absolute atomic E-state index is 0.109. The molecule has 1 amide bonds. The predicted octanol–water partition coefficient (Wildman–Crippen LogP) is 2.30. The van der Waals surface area contributed by atoms with E-state index in [0.29, 0.717) is 16.5 Å². The molecule has 0 heterocycles. The minimum Gasteiger partial charge on any atom is -0.484 e. The lowest BCUT2D eigenvalue weighted by Crippen LogP contribution is -2.39. The molecule has 0 aromatic heterocycles. The summed E-state index contributed by atoms with van der Waals surface area (Å²) in [4.78, 5) is 11.8. The van der Waals surface area contributed by atoms with E-state index in [9.17, 15) is 13.2 Å². The molecule has 0 aliphatic carbocycles. The standard InChI is InChI=1S/C17H19ClN2O4S/c1-25(22,23)20(15-9-7-14(18)8-10-15)12-11-19-17(21)13-24-16-5-3-2-4-6-16/h2-10H,11-13H2,1H3,(H,19,21). The van der Waals surface area contributed by atoms with Gasteiger partial charge in [-0.25, -0.2) is 8.42 Å². The average Bonchev–Trinajstić information content (AvgIpc) is 2.58. The van der Waals surface area contributed by atoms with Crippen molar-refractivity contribution in [1.82, 2.24) is 5.32 Å². The van der Waals surface area contributed by atoms with Crippen LogP contribution >= 0.6 is 11.6 Å². The van der Waals surface area contributed by atoms with Crippen LogP contribution in [-0.2, 0) is 14.8 Å². The fourth-order valence-corrected chi connectivity index (χ4v) is 3.16. The number of para-hydroxylation sites is 1. The summed E-state index contributed by atoms with van der Waals surface area (Å²) in [5.41, 5.74) is 0.488. The second-order valence-electron chi connectivity index (χ2n) is 5.26. The van der Waals surface area contributed by atoms with Crippen LogP contribution in [0.25, 0.3) is 0 Å². The lowest BCUT2D eigenvalue weighted by Gasteiger charge is -2.22. The Balaban J connectivity index is 1.86. The van der Waals surface area contributed by atoms with Gasteiger partial charge >= 0.3 is 0 Å². The van der Waals surface area contributed by atoms with Crippen molar-refractivity contribution < 1.29 is 17.9 Å². The SMILES string of the molecule is CS(=O)(=O)N(CCNC(=O)COc1ccccc1)c1ccc(Cl)cc1. The van der Waals surface area contributed by atoms with Gasteiger partial charge in [0, 0.05) is 11.6 Å². The Morgan fingerprint density at radius 3 is 2.36 bits per heavy atom. The molecule has 134 valence electrons. The van der Waals surface area contributed by atoms with Crippen LogP contribution in [0.5, 0.6) is 5.75 Å². The maximum absolute atomic E-state index is 12.0. The molecule has 2 aromatic carbocycles. The molecule has 1 N–H and O–H groups in total. The molecule has 0 aliphatic heterocycles. The number of anilines is 1. The highest BCUT2D eigenvalue weighted by atomic mass is 35.5. The Kier molecular flexibility index (Phi) is 6.66. The number of benzene rings is 2. The first-order chi connectivity index (χ1) is 11.9. The second-order valence-corrected chi connectivity index (χ2v) is 7.61. The molecule has 2 aromatic rings. The number of rotatable bonds is 8. The number of amides is 1. The Morgan fingerprint density at radius 1 is 1.12 bits per heavy atom. The molecule has 0 radical (unpaired) electrons. The first-order valence-corrected chi connectivity index (χ1v) is 9.77. The van der Waals surface area contributed by atoms with Crippen molar-refractivity contribution in [2.75, 3.05) is 30.3 Å². The molecule has 25 heavy (non-hydrogen) atoms. The Hall–Kier alpha value is -2.25. The zero-order valence-corrected chi connectivity index (χ0v) is 15.3. The van der Waals surface area contributed by atoms with E-state index < -0.39 is 10.0 Å². The van der Waals surface area contributed by atoms with Crippen LogP contribution in [0.1, 0.15) is 0 Å². The molecule has 0 unspecified atom stereocenters. The first kappa shape index (κ1) is 19.1. The molecule has 0 atom stereocenters. The fourth-order valence-electron chi connectivity index (χ4n) is 2.11. The molecule has 0 spiro atoms. The van der Waals surface area contributed by atoms with E-state index in [0.717, 1.165) is 6.26 Å². The first-order valence-electron chi connectivity index (χ1n) is 7.54. The van der Waals surface area contributed by atoms with Crippen molar-refractivity contribution in [2.45, 2.75) is 0 Å². The molecule has 0 saturated heterocycles. The van der Waals surface area contributed by atoms with E-state index in [-0.39, 0.29) is 25.6 Å². The summed E-state index contributed by atoms with van der Waals surface area (Å²) in [7, 11) is -3.48. The molecule has 0 bridgehead atoms. The smallest absolute Gasteiger partial charge is 0.258 e. The number of sulfonamides is 1. The number of halogens is 1. The van der Waals surface area contributed by atoms with Gasteiger partial charge in [0.15, 0.2) is 6.61 Å². The van der Waals surface area contributed by atoms with Crippen LogP contribution < -0.4 is 14.4 Å². The summed E-state index contributed by atoms with van der Waals surface area (Å²) in [6.45, 7) is 0.133. The maximum Gasteiger partial charge on any atom is 0.258 e. The second kappa shape index (κ2) is 8.73. The predicted molar refractivity (Wildman–Crippen MR) is 98.6 cm³/mol. The van der Waals surface area contributed by atoms with Crippen LogP contribution in [0.15, 0.2) is 54.6 Å². The highest BCUT2D eigenvalue weighted by Gasteiger charge is 2.17. The quantitative estimate of drug-likeness (QED) is 0.760. The normalized spacial score (nSPS) is 11.0. The van der Waals surface area contributed by atoms with Crippen LogP contribution in [0, 0.1) is 0 Å². The van der Waals surface area contributed by atoms with Crippen molar-refractivity contribution in [2.24, 2.45) is 0 Å². The zero-order valence-electron chi connectivity index (χ0n) is 13.7. The molecular formula is C17H19ClN2O4S. The molecule has 6 nitrogen and oxygen atoms in total. The fraction of sp³-hybridized carbons (Fsp3) is 0.235. The van der Waals surface area contributed by atoms with Crippen LogP contribution in [0.2, 0.25) is 5.02 Å². The zero-order chi connectivity index (χ0) is 18.3. The third-order valence-corrected chi connectivity index (χ3v) is 4.71. The van der Waals surface area contributed by atoms with Gasteiger partial charge in [-0.2, -0.15) is 0 Å². The monoisotopic (exact) mass is 382 g/mol. The third-order valence-electron chi connectivity index (χ3n) is 3.27. The molecule has 8 heteroatoms. The van der Waals surface area contributed by atoms with Crippen molar-refractivity contribution in [1.29, 1.82) is 0 Å². The third kappa shape index (κ3) is 6.28. The minimum atomic E-state index is -3.48. The lowest BCUT2D eigenvalue weighted by molar-refractivity contribution is -0.123. The van der Waals surface area contributed by atoms with Crippen LogP contribution in [0.4, 0.5) is 5.69 Å². The van der Waals surface area contributed by atoms with E-state index in [4.69, 9.17) is 16.3 Å². The number of nitrogens with one attached hydrogen (secondary N) is 1. The molecule has 0 fully saturated rings. The Morgan fingerprint density at radius 2 is 1.76 bits per heavy atom. The van der Waals surface area contributed by atoms with Gasteiger partial charge in [0.05, 0.1) is 18.5 Å². The van der Waals surface area contributed by atoms with E-state index in [1.54, 1.807) is 36.4 Å². The van der Waals surface area contributed by atoms with Crippen molar-refractivity contribution in [3.8, 4) is 5.75 Å². The summed E-state index contributed by atoms with van der Waals surface area (Å²) in [5, 5.41) is 3.16. The average molecular weight is 383 g/mol. The van der Waals surface area contributed by atoms with Crippen molar-refractivity contribution in [3.05, 3.63) is 59.6 Å². The van der Waals surface area contributed by atoms with Gasteiger partial charge in [0.1, 0.15) is 5.75 Å². The van der Waals surface area contributed by atoms with Gasteiger partial charge in [0.25, 0.3) is 5.91 Å².